The lowest BCUT2D eigenvalue weighted by molar-refractivity contribution is -0.119. The molecule has 39 heavy (non-hydrogen) atoms. The number of aliphatic hydroxyl groups excluding tert-OH is 1. The summed E-state index contributed by atoms with van der Waals surface area (Å²) in [5.74, 6) is 1.43. The van der Waals surface area contributed by atoms with Crippen molar-refractivity contribution in [3.63, 3.8) is 0 Å². The number of carbonyl (C=O) groups is 1. The second-order valence-corrected chi connectivity index (χ2v) is 12.7. The van der Waals surface area contributed by atoms with Gasteiger partial charge in [-0.05, 0) is 25.2 Å². The van der Waals surface area contributed by atoms with E-state index >= 15 is 0 Å². The zero-order valence-electron chi connectivity index (χ0n) is 27.1. The molecule has 0 saturated heterocycles. The van der Waals surface area contributed by atoms with E-state index in [-0.39, 0.29) is 0 Å². The molecule has 0 aliphatic rings. The maximum Gasteiger partial charge on any atom is 0.132 e. The van der Waals surface area contributed by atoms with Gasteiger partial charge in [0.15, 0.2) is 0 Å². The maximum atomic E-state index is 12.5. The fraction of sp³-hybridized carbons (Fsp3) is 0.919. The van der Waals surface area contributed by atoms with Gasteiger partial charge in [0.25, 0.3) is 0 Å². The Morgan fingerprint density at radius 1 is 0.462 bits per heavy atom. The van der Waals surface area contributed by atoms with Gasteiger partial charge in [-0.2, -0.15) is 0 Å². The Balaban J connectivity index is 3.79. The van der Waals surface area contributed by atoms with Crippen LogP contribution in [-0.4, -0.2) is 10.9 Å². The first-order valence-corrected chi connectivity index (χ1v) is 18.0. The van der Waals surface area contributed by atoms with Crippen molar-refractivity contribution in [3.05, 3.63) is 12.3 Å². The fourth-order valence-corrected chi connectivity index (χ4v) is 5.96. The van der Waals surface area contributed by atoms with Crippen molar-refractivity contribution in [2.75, 3.05) is 0 Å². The Kier molecular flexibility index (Phi) is 31.1. The second-order valence-electron chi connectivity index (χ2n) is 12.7. The smallest absolute Gasteiger partial charge is 0.132 e. The molecule has 1 unspecified atom stereocenters. The number of carbonyl (C=O) groups excluding carboxylic acids is 1. The average molecular weight is 549 g/mol. The molecule has 0 saturated carbocycles. The number of hydrogen-bond donors (Lipinski definition) is 1. The predicted octanol–water partition coefficient (Wildman–Crippen LogP) is 13.4. The van der Waals surface area contributed by atoms with Crippen molar-refractivity contribution in [2.24, 2.45) is 5.92 Å². The van der Waals surface area contributed by atoms with E-state index in [1.54, 1.807) is 0 Å². The van der Waals surface area contributed by atoms with Crippen LogP contribution in [0, 0.1) is 5.92 Å². The fourth-order valence-electron chi connectivity index (χ4n) is 5.96. The molecule has 0 radical (unpaired) electrons. The van der Waals surface area contributed by atoms with E-state index in [1.807, 2.05) is 0 Å². The van der Waals surface area contributed by atoms with E-state index in [2.05, 4.69) is 20.4 Å². The third-order valence-electron chi connectivity index (χ3n) is 8.68. The summed E-state index contributed by atoms with van der Waals surface area (Å²) in [5.41, 5.74) is 0. The minimum absolute atomic E-state index is 0.307. The first-order chi connectivity index (χ1) is 19.1. The van der Waals surface area contributed by atoms with Crippen LogP contribution in [0.2, 0.25) is 0 Å². The molecule has 0 spiro atoms. The Morgan fingerprint density at radius 3 is 1.23 bits per heavy atom. The van der Waals surface area contributed by atoms with E-state index in [0.717, 1.165) is 38.5 Å². The van der Waals surface area contributed by atoms with Crippen molar-refractivity contribution in [1.82, 2.24) is 0 Å². The molecule has 0 aliphatic carbocycles. The van der Waals surface area contributed by atoms with E-state index in [4.69, 9.17) is 0 Å². The molecule has 0 aromatic heterocycles. The highest BCUT2D eigenvalue weighted by Crippen LogP contribution is 2.24. The SMILES string of the molecule is C=C(O)CCCC(CCCCCCCCCCCCC)CCC(=O)CCCCCCCCCCCCCCC. The number of unbranched alkanes of at least 4 members (excludes halogenated alkanes) is 22. The molecule has 0 aromatic carbocycles. The van der Waals surface area contributed by atoms with Gasteiger partial charge >= 0.3 is 0 Å². The number of allylic oxidation sites excluding steroid dienone is 1. The highest BCUT2D eigenvalue weighted by atomic mass is 16.3. The van der Waals surface area contributed by atoms with Crippen molar-refractivity contribution >= 4 is 5.78 Å². The molecule has 0 heterocycles. The Morgan fingerprint density at radius 2 is 0.821 bits per heavy atom. The monoisotopic (exact) mass is 549 g/mol. The molecule has 1 atom stereocenters. The predicted molar refractivity (Wildman–Crippen MR) is 175 cm³/mol. The summed E-state index contributed by atoms with van der Waals surface area (Å²) >= 11 is 0. The molecule has 232 valence electrons. The van der Waals surface area contributed by atoms with Gasteiger partial charge in [-0.15, -0.1) is 0 Å². The summed E-state index contributed by atoms with van der Waals surface area (Å²) in [6.07, 6.45) is 39.5. The van der Waals surface area contributed by atoms with Crippen LogP contribution in [0.5, 0.6) is 0 Å². The molecule has 0 aromatic rings. The zero-order chi connectivity index (χ0) is 28.7. The molecule has 2 nitrogen and oxygen atoms in total. The first-order valence-electron chi connectivity index (χ1n) is 18.0. The van der Waals surface area contributed by atoms with Crippen molar-refractivity contribution in [1.29, 1.82) is 0 Å². The van der Waals surface area contributed by atoms with Gasteiger partial charge in [0.05, 0.1) is 5.76 Å². The number of aliphatic hydroxyl groups is 1. The normalized spacial score (nSPS) is 12.2. The standard InChI is InChI=1S/C37H72O2/c1-4-6-8-10-12-14-16-17-19-21-23-25-27-32-37(39)34-33-36(31-28-29-35(3)38)30-26-24-22-20-18-15-13-11-9-7-5-2/h36,38H,3-34H2,1-2H3. The van der Waals surface area contributed by atoms with Crippen LogP contribution in [0.1, 0.15) is 213 Å². The highest BCUT2D eigenvalue weighted by molar-refractivity contribution is 5.78. The van der Waals surface area contributed by atoms with Crippen molar-refractivity contribution in [3.8, 4) is 0 Å². The molecule has 0 amide bonds. The summed E-state index contributed by atoms with van der Waals surface area (Å²) in [5, 5.41) is 9.46. The van der Waals surface area contributed by atoms with Gasteiger partial charge in [-0.1, -0.05) is 181 Å². The quantitative estimate of drug-likeness (QED) is 0.0654. The second kappa shape index (κ2) is 31.7. The minimum Gasteiger partial charge on any atom is -0.513 e. The van der Waals surface area contributed by atoms with Crippen LogP contribution in [0.3, 0.4) is 0 Å². The molecular weight excluding hydrogens is 476 g/mol. The molecule has 0 rings (SSSR count). The minimum atomic E-state index is 0.307. The van der Waals surface area contributed by atoms with Crippen LogP contribution in [0.15, 0.2) is 12.3 Å². The lowest BCUT2D eigenvalue weighted by Crippen LogP contribution is -2.06. The van der Waals surface area contributed by atoms with Crippen LogP contribution in [-0.2, 0) is 4.79 Å². The van der Waals surface area contributed by atoms with Gasteiger partial charge in [-0.25, -0.2) is 0 Å². The van der Waals surface area contributed by atoms with Crippen molar-refractivity contribution < 1.29 is 9.90 Å². The summed E-state index contributed by atoms with van der Waals surface area (Å²) in [7, 11) is 0. The third kappa shape index (κ3) is 31.6. The number of rotatable bonds is 33. The van der Waals surface area contributed by atoms with Gasteiger partial charge in [-0.3, -0.25) is 4.79 Å². The lowest BCUT2D eigenvalue weighted by atomic mass is 9.89. The average Bonchev–Trinajstić information content (AvgIpc) is 2.92. The Labute approximate surface area is 246 Å². The van der Waals surface area contributed by atoms with E-state index < -0.39 is 0 Å². The summed E-state index contributed by atoms with van der Waals surface area (Å²) in [4.78, 5) is 12.5. The topological polar surface area (TPSA) is 37.3 Å². The first kappa shape index (κ1) is 38.2. The third-order valence-corrected chi connectivity index (χ3v) is 8.68. The van der Waals surface area contributed by atoms with Crippen LogP contribution < -0.4 is 0 Å². The van der Waals surface area contributed by atoms with Gasteiger partial charge < -0.3 is 5.11 Å². The molecule has 2 heteroatoms. The number of ketones is 1. The van der Waals surface area contributed by atoms with E-state index in [0.29, 0.717) is 23.9 Å². The Bertz CT molecular complexity index is 512. The number of hydrogen-bond acceptors (Lipinski definition) is 2. The van der Waals surface area contributed by atoms with Gasteiger partial charge in [0.1, 0.15) is 5.78 Å². The molecule has 0 aliphatic heterocycles. The van der Waals surface area contributed by atoms with Crippen LogP contribution >= 0.6 is 0 Å². The number of Topliss-reactive ketones (excluding diaryl/α,β-unsaturated/α-hetero) is 1. The largest absolute Gasteiger partial charge is 0.513 e. The highest BCUT2D eigenvalue weighted by Gasteiger charge is 2.12. The molecule has 0 fully saturated rings. The zero-order valence-corrected chi connectivity index (χ0v) is 27.1. The van der Waals surface area contributed by atoms with Gasteiger partial charge in [0.2, 0.25) is 0 Å². The van der Waals surface area contributed by atoms with Crippen LogP contribution in [0.25, 0.3) is 0 Å². The summed E-state index contributed by atoms with van der Waals surface area (Å²) in [6.45, 7) is 8.21. The van der Waals surface area contributed by atoms with Gasteiger partial charge in [0, 0.05) is 19.3 Å². The van der Waals surface area contributed by atoms with E-state index in [9.17, 15) is 9.90 Å². The molecule has 0 bridgehead atoms. The van der Waals surface area contributed by atoms with Crippen molar-refractivity contribution in [2.45, 2.75) is 213 Å². The summed E-state index contributed by atoms with van der Waals surface area (Å²) in [6, 6.07) is 0. The molecular formula is C37H72O2. The maximum absolute atomic E-state index is 12.5. The van der Waals surface area contributed by atoms with E-state index in [1.165, 1.54) is 154 Å². The Hall–Kier alpha value is -0.790. The molecule has 1 N–H and O–H groups in total. The lowest BCUT2D eigenvalue weighted by Gasteiger charge is -2.16. The van der Waals surface area contributed by atoms with Crippen LogP contribution in [0.4, 0.5) is 0 Å². The summed E-state index contributed by atoms with van der Waals surface area (Å²) < 4.78 is 0.